The van der Waals surface area contributed by atoms with Crippen molar-refractivity contribution in [3.05, 3.63) is 49.1 Å². The molecule has 1 aromatic rings. The van der Waals surface area contributed by atoms with Gasteiger partial charge >= 0.3 is 0 Å². The number of rotatable bonds is 6. The number of allylic oxidation sites excluding steroid dienone is 1. The van der Waals surface area contributed by atoms with E-state index in [1.165, 1.54) is 6.07 Å². The summed E-state index contributed by atoms with van der Waals surface area (Å²) in [7, 11) is -4.22. The third kappa shape index (κ3) is 3.44. The maximum atomic E-state index is 11.2. The molecule has 0 bridgehead atoms. The van der Waals surface area contributed by atoms with Crippen molar-refractivity contribution in [2.75, 3.05) is 11.9 Å². The summed E-state index contributed by atoms with van der Waals surface area (Å²) in [6.45, 7) is 7.66. The van der Waals surface area contributed by atoms with Crippen LogP contribution in [0.25, 0.3) is 0 Å². The Morgan fingerprint density at radius 3 is 2.53 bits per heavy atom. The second-order valence-corrected chi connectivity index (χ2v) is 4.81. The monoisotopic (exact) mass is 253 g/mol. The summed E-state index contributed by atoms with van der Waals surface area (Å²) in [6.07, 6.45) is 3.61. The minimum absolute atomic E-state index is 0.0912. The van der Waals surface area contributed by atoms with Crippen LogP contribution in [0.5, 0.6) is 0 Å². The summed E-state index contributed by atoms with van der Waals surface area (Å²) in [5.41, 5.74) is 1.16. The van der Waals surface area contributed by atoms with E-state index in [1.807, 2.05) is 0 Å². The maximum Gasteiger partial charge on any atom is 0.294 e. The van der Waals surface area contributed by atoms with Crippen LogP contribution in [0, 0.1) is 0 Å². The fourth-order valence-electron chi connectivity index (χ4n) is 1.51. The van der Waals surface area contributed by atoms with Gasteiger partial charge in [0, 0.05) is 17.8 Å². The molecule has 0 fully saturated rings. The highest BCUT2D eigenvalue weighted by Crippen LogP contribution is 2.24. The van der Waals surface area contributed by atoms with Crippen LogP contribution in [-0.2, 0) is 16.5 Å². The molecule has 0 amide bonds. The van der Waals surface area contributed by atoms with Crippen molar-refractivity contribution in [2.24, 2.45) is 0 Å². The molecule has 0 aliphatic heterocycles. The first-order chi connectivity index (χ1) is 8.00. The van der Waals surface area contributed by atoms with Crippen molar-refractivity contribution in [1.29, 1.82) is 0 Å². The Balaban J connectivity index is 3.31. The number of anilines is 1. The average molecular weight is 253 g/mol. The Kier molecular flexibility index (Phi) is 4.48. The summed E-state index contributed by atoms with van der Waals surface area (Å²) < 4.78 is 31.6. The standard InChI is InChI=1S/C12H15NO3S/c1-3-6-10-11(13-9-4-2)7-5-8-12(10)17(14,15)16/h3-5,7-8,13H,1-2,6,9H2,(H,14,15,16). The molecule has 0 aromatic heterocycles. The molecule has 0 saturated carbocycles. The highest BCUT2D eigenvalue weighted by molar-refractivity contribution is 7.85. The second kappa shape index (κ2) is 5.65. The molecule has 0 spiro atoms. The molecule has 0 aliphatic carbocycles. The molecule has 0 aliphatic rings. The second-order valence-electron chi connectivity index (χ2n) is 3.42. The zero-order valence-electron chi connectivity index (χ0n) is 9.39. The summed E-state index contributed by atoms with van der Waals surface area (Å²) in [5, 5.41) is 3.02. The van der Waals surface area contributed by atoms with Gasteiger partial charge in [-0.15, -0.1) is 13.2 Å². The van der Waals surface area contributed by atoms with E-state index in [1.54, 1.807) is 24.3 Å². The molecule has 2 N–H and O–H groups in total. The van der Waals surface area contributed by atoms with Gasteiger partial charge in [-0.1, -0.05) is 18.2 Å². The van der Waals surface area contributed by atoms with Crippen LogP contribution in [0.4, 0.5) is 5.69 Å². The number of nitrogens with one attached hydrogen (secondary N) is 1. The van der Waals surface area contributed by atoms with Crippen molar-refractivity contribution in [3.63, 3.8) is 0 Å². The SMILES string of the molecule is C=CCNc1cccc(S(=O)(=O)O)c1CC=C. The summed E-state index contributed by atoms with van der Waals surface area (Å²) in [6, 6.07) is 4.69. The lowest BCUT2D eigenvalue weighted by molar-refractivity contribution is 0.482. The molecular weight excluding hydrogens is 238 g/mol. The number of hydrogen-bond acceptors (Lipinski definition) is 3. The molecule has 1 aromatic carbocycles. The first-order valence-corrected chi connectivity index (χ1v) is 6.49. The summed E-state index contributed by atoms with van der Waals surface area (Å²) >= 11 is 0. The zero-order chi connectivity index (χ0) is 12.9. The molecule has 92 valence electrons. The molecular formula is C12H15NO3S. The molecule has 0 saturated heterocycles. The van der Waals surface area contributed by atoms with Gasteiger partial charge in [0.1, 0.15) is 0 Å². The van der Waals surface area contributed by atoms with Crippen LogP contribution in [-0.4, -0.2) is 19.5 Å². The van der Waals surface area contributed by atoms with Crippen molar-refractivity contribution in [2.45, 2.75) is 11.3 Å². The van der Waals surface area contributed by atoms with Crippen LogP contribution in [0.15, 0.2) is 48.4 Å². The van der Waals surface area contributed by atoms with Crippen molar-refractivity contribution in [3.8, 4) is 0 Å². The van der Waals surface area contributed by atoms with Crippen molar-refractivity contribution in [1.82, 2.24) is 0 Å². The third-order valence-corrected chi connectivity index (χ3v) is 3.13. The molecule has 0 atom stereocenters. The first kappa shape index (κ1) is 13.5. The van der Waals surface area contributed by atoms with E-state index in [2.05, 4.69) is 18.5 Å². The maximum absolute atomic E-state index is 11.2. The first-order valence-electron chi connectivity index (χ1n) is 5.05. The smallest absolute Gasteiger partial charge is 0.294 e. The molecule has 1 rings (SSSR count). The Hall–Kier alpha value is -1.59. The molecule has 4 nitrogen and oxygen atoms in total. The van der Waals surface area contributed by atoms with E-state index in [0.29, 0.717) is 24.2 Å². The molecule has 0 heterocycles. The van der Waals surface area contributed by atoms with Gasteiger partial charge < -0.3 is 5.32 Å². The van der Waals surface area contributed by atoms with Gasteiger partial charge in [-0.25, -0.2) is 0 Å². The highest BCUT2D eigenvalue weighted by atomic mass is 32.2. The minimum atomic E-state index is -4.22. The van der Waals surface area contributed by atoms with Gasteiger partial charge in [-0.2, -0.15) is 8.42 Å². The van der Waals surface area contributed by atoms with E-state index in [4.69, 9.17) is 4.55 Å². The summed E-state index contributed by atoms with van der Waals surface area (Å²) in [5.74, 6) is 0. The fraction of sp³-hybridized carbons (Fsp3) is 0.167. The summed E-state index contributed by atoms with van der Waals surface area (Å²) in [4.78, 5) is -0.0912. The normalized spacial score (nSPS) is 10.9. The molecule has 0 unspecified atom stereocenters. The fourth-order valence-corrected chi connectivity index (χ4v) is 2.27. The largest absolute Gasteiger partial charge is 0.381 e. The Morgan fingerprint density at radius 1 is 1.29 bits per heavy atom. The van der Waals surface area contributed by atoms with Crippen LogP contribution < -0.4 is 5.32 Å². The van der Waals surface area contributed by atoms with E-state index in [0.717, 1.165) is 0 Å². The quantitative estimate of drug-likeness (QED) is 0.603. The lowest BCUT2D eigenvalue weighted by Gasteiger charge is -2.12. The van der Waals surface area contributed by atoms with E-state index >= 15 is 0 Å². The van der Waals surface area contributed by atoms with Crippen LogP contribution in [0.2, 0.25) is 0 Å². The van der Waals surface area contributed by atoms with Gasteiger partial charge in [0.25, 0.3) is 10.1 Å². The zero-order valence-corrected chi connectivity index (χ0v) is 10.2. The van der Waals surface area contributed by atoms with Crippen molar-refractivity contribution >= 4 is 15.8 Å². The predicted molar refractivity (Wildman–Crippen MR) is 68.8 cm³/mol. The van der Waals surface area contributed by atoms with Crippen LogP contribution in [0.1, 0.15) is 5.56 Å². The number of benzene rings is 1. The Labute approximate surface area is 101 Å². The van der Waals surface area contributed by atoms with Gasteiger partial charge in [-0.05, 0) is 18.6 Å². The average Bonchev–Trinajstić information content (AvgIpc) is 2.26. The molecule has 5 heteroatoms. The molecule has 0 radical (unpaired) electrons. The Bertz CT molecular complexity index is 521. The van der Waals surface area contributed by atoms with Gasteiger partial charge in [0.05, 0.1) is 4.90 Å². The lowest BCUT2D eigenvalue weighted by atomic mass is 10.1. The van der Waals surface area contributed by atoms with E-state index in [-0.39, 0.29) is 4.90 Å². The van der Waals surface area contributed by atoms with E-state index in [9.17, 15) is 8.42 Å². The van der Waals surface area contributed by atoms with Crippen LogP contribution in [0.3, 0.4) is 0 Å². The Morgan fingerprint density at radius 2 is 2.00 bits per heavy atom. The van der Waals surface area contributed by atoms with Gasteiger partial charge in [0.2, 0.25) is 0 Å². The highest BCUT2D eigenvalue weighted by Gasteiger charge is 2.16. The number of hydrogen-bond donors (Lipinski definition) is 2. The van der Waals surface area contributed by atoms with Crippen molar-refractivity contribution < 1.29 is 13.0 Å². The predicted octanol–water partition coefficient (Wildman–Crippen LogP) is 2.26. The van der Waals surface area contributed by atoms with Crippen LogP contribution >= 0.6 is 0 Å². The topological polar surface area (TPSA) is 66.4 Å². The third-order valence-electron chi connectivity index (χ3n) is 2.20. The minimum Gasteiger partial charge on any atom is -0.381 e. The van der Waals surface area contributed by atoms with Gasteiger partial charge in [0.15, 0.2) is 0 Å². The van der Waals surface area contributed by atoms with E-state index < -0.39 is 10.1 Å². The van der Waals surface area contributed by atoms with Gasteiger partial charge in [-0.3, -0.25) is 4.55 Å². The lowest BCUT2D eigenvalue weighted by Crippen LogP contribution is -2.07. The molecule has 17 heavy (non-hydrogen) atoms.